The average Bonchev–Trinajstić information content (AvgIpc) is 2.07. The Morgan fingerprint density at radius 3 is 2.64 bits per heavy atom. The first kappa shape index (κ1) is 8.97. The van der Waals surface area contributed by atoms with Crippen molar-refractivity contribution in [3.8, 4) is 0 Å². The molecule has 0 aliphatic heterocycles. The molecule has 0 aromatic heterocycles. The molecule has 11 heavy (non-hydrogen) atoms. The van der Waals surface area contributed by atoms with Gasteiger partial charge in [-0.2, -0.15) is 5.48 Å². The lowest BCUT2D eigenvalue weighted by molar-refractivity contribution is -0.0974. The van der Waals surface area contributed by atoms with E-state index < -0.39 is 0 Å². The van der Waals surface area contributed by atoms with Crippen molar-refractivity contribution in [3.63, 3.8) is 0 Å². The molecule has 0 aromatic rings. The van der Waals surface area contributed by atoms with E-state index in [4.69, 9.17) is 9.57 Å². The van der Waals surface area contributed by atoms with Crippen molar-refractivity contribution in [1.82, 2.24) is 5.48 Å². The highest BCUT2D eigenvalue weighted by atomic mass is 16.7. The smallest absolute Gasteiger partial charge is 0.166 e. The molecule has 0 unspecified atom stereocenters. The second kappa shape index (κ2) is 5.52. The second-order valence-corrected chi connectivity index (χ2v) is 3.00. The summed E-state index contributed by atoms with van der Waals surface area (Å²) in [4.78, 5) is 5.05. The molecular weight excluding hydrogens is 142 g/mol. The number of methoxy groups -OCH3 is 1. The SMILES string of the molecule is COCONC1CCCCC1. The number of hydrogen-bond acceptors (Lipinski definition) is 3. The average molecular weight is 159 g/mol. The number of rotatable bonds is 4. The van der Waals surface area contributed by atoms with E-state index in [-0.39, 0.29) is 0 Å². The van der Waals surface area contributed by atoms with Gasteiger partial charge in [0, 0.05) is 13.2 Å². The minimum absolute atomic E-state index is 0.344. The molecule has 0 amide bonds. The van der Waals surface area contributed by atoms with Gasteiger partial charge in [-0.25, -0.2) is 0 Å². The predicted octanol–water partition coefficient (Wildman–Crippen LogP) is 1.44. The molecule has 66 valence electrons. The van der Waals surface area contributed by atoms with Crippen molar-refractivity contribution < 1.29 is 9.57 Å². The third-order valence-corrected chi connectivity index (χ3v) is 2.03. The maximum Gasteiger partial charge on any atom is 0.166 e. The van der Waals surface area contributed by atoms with Gasteiger partial charge in [-0.15, -0.1) is 0 Å². The van der Waals surface area contributed by atoms with E-state index in [0.29, 0.717) is 12.8 Å². The maximum atomic E-state index is 5.05. The second-order valence-electron chi connectivity index (χ2n) is 3.00. The van der Waals surface area contributed by atoms with Crippen LogP contribution in [0.1, 0.15) is 32.1 Å². The van der Waals surface area contributed by atoms with Crippen LogP contribution in [0.4, 0.5) is 0 Å². The van der Waals surface area contributed by atoms with Crippen LogP contribution in [0.5, 0.6) is 0 Å². The van der Waals surface area contributed by atoms with E-state index >= 15 is 0 Å². The standard InChI is InChI=1S/C8H17NO2/c1-10-7-11-9-8-5-3-2-4-6-8/h8-9H,2-7H2,1H3. The zero-order chi connectivity index (χ0) is 7.94. The van der Waals surface area contributed by atoms with Gasteiger partial charge in [0.05, 0.1) is 0 Å². The predicted molar refractivity (Wildman–Crippen MR) is 43.0 cm³/mol. The summed E-state index contributed by atoms with van der Waals surface area (Å²) in [6.07, 6.45) is 6.51. The van der Waals surface area contributed by atoms with Crippen LogP contribution in [0.2, 0.25) is 0 Å². The van der Waals surface area contributed by atoms with E-state index in [9.17, 15) is 0 Å². The Balaban J connectivity index is 1.96. The molecule has 0 saturated heterocycles. The van der Waals surface area contributed by atoms with E-state index in [0.717, 1.165) is 0 Å². The normalized spacial score (nSPS) is 20.5. The summed E-state index contributed by atoms with van der Waals surface area (Å²) in [5.41, 5.74) is 3.00. The lowest BCUT2D eigenvalue weighted by atomic mass is 9.96. The summed E-state index contributed by atoms with van der Waals surface area (Å²) in [7, 11) is 1.63. The zero-order valence-corrected chi connectivity index (χ0v) is 7.14. The highest BCUT2D eigenvalue weighted by Crippen LogP contribution is 2.16. The van der Waals surface area contributed by atoms with Gasteiger partial charge in [-0.3, -0.25) is 4.84 Å². The Hall–Kier alpha value is -0.120. The van der Waals surface area contributed by atoms with Gasteiger partial charge in [0.25, 0.3) is 0 Å². The van der Waals surface area contributed by atoms with E-state index in [1.165, 1.54) is 32.1 Å². The van der Waals surface area contributed by atoms with Crippen LogP contribution in [-0.2, 0) is 9.57 Å². The Bertz CT molecular complexity index is 92.1. The van der Waals surface area contributed by atoms with E-state index in [2.05, 4.69) is 5.48 Å². The van der Waals surface area contributed by atoms with Gasteiger partial charge in [0.1, 0.15) is 0 Å². The van der Waals surface area contributed by atoms with Crippen molar-refractivity contribution in [2.45, 2.75) is 38.1 Å². The number of hydroxylamine groups is 1. The molecule has 0 atom stereocenters. The Morgan fingerprint density at radius 1 is 1.27 bits per heavy atom. The molecular formula is C8H17NO2. The van der Waals surface area contributed by atoms with Gasteiger partial charge in [-0.05, 0) is 12.8 Å². The highest BCUT2D eigenvalue weighted by molar-refractivity contribution is 4.67. The summed E-state index contributed by atoms with van der Waals surface area (Å²) in [5, 5.41) is 0. The first-order valence-corrected chi connectivity index (χ1v) is 4.29. The van der Waals surface area contributed by atoms with Crippen LogP contribution in [0.3, 0.4) is 0 Å². The highest BCUT2D eigenvalue weighted by Gasteiger charge is 2.12. The van der Waals surface area contributed by atoms with Crippen LogP contribution in [0.15, 0.2) is 0 Å². The molecule has 0 bridgehead atoms. The number of nitrogens with one attached hydrogen (secondary N) is 1. The molecule has 1 rings (SSSR count). The van der Waals surface area contributed by atoms with Crippen molar-refractivity contribution in [2.75, 3.05) is 13.9 Å². The van der Waals surface area contributed by atoms with Crippen molar-refractivity contribution >= 4 is 0 Å². The Kier molecular flexibility index (Phi) is 4.50. The Morgan fingerprint density at radius 2 is 2.00 bits per heavy atom. The van der Waals surface area contributed by atoms with E-state index in [1.807, 2.05) is 0 Å². The zero-order valence-electron chi connectivity index (χ0n) is 7.14. The van der Waals surface area contributed by atoms with E-state index in [1.54, 1.807) is 7.11 Å². The van der Waals surface area contributed by atoms with Crippen LogP contribution in [-0.4, -0.2) is 19.9 Å². The first-order chi connectivity index (χ1) is 5.43. The van der Waals surface area contributed by atoms with Gasteiger partial charge in [-0.1, -0.05) is 19.3 Å². The largest absolute Gasteiger partial charge is 0.357 e. The molecule has 0 aromatic carbocycles. The topological polar surface area (TPSA) is 30.5 Å². The van der Waals surface area contributed by atoms with Gasteiger partial charge >= 0.3 is 0 Å². The molecule has 1 N–H and O–H groups in total. The lowest BCUT2D eigenvalue weighted by Crippen LogP contribution is -2.31. The third kappa shape index (κ3) is 3.70. The van der Waals surface area contributed by atoms with Crippen LogP contribution >= 0.6 is 0 Å². The maximum absolute atomic E-state index is 5.05. The summed E-state index contributed by atoms with van der Waals surface area (Å²) < 4.78 is 4.75. The van der Waals surface area contributed by atoms with Gasteiger partial charge in [0.15, 0.2) is 6.79 Å². The molecule has 1 aliphatic rings. The minimum atomic E-state index is 0.344. The van der Waals surface area contributed by atoms with Gasteiger partial charge in [0.2, 0.25) is 0 Å². The fourth-order valence-electron chi connectivity index (χ4n) is 1.43. The molecule has 0 spiro atoms. The molecule has 1 aliphatic carbocycles. The fraction of sp³-hybridized carbons (Fsp3) is 1.00. The van der Waals surface area contributed by atoms with Crippen molar-refractivity contribution in [2.24, 2.45) is 0 Å². The molecule has 0 radical (unpaired) electrons. The fourth-order valence-corrected chi connectivity index (χ4v) is 1.43. The molecule has 1 fully saturated rings. The third-order valence-electron chi connectivity index (χ3n) is 2.03. The first-order valence-electron chi connectivity index (χ1n) is 4.29. The molecule has 3 heteroatoms. The molecule has 0 heterocycles. The molecule has 1 saturated carbocycles. The minimum Gasteiger partial charge on any atom is -0.357 e. The van der Waals surface area contributed by atoms with Crippen molar-refractivity contribution in [3.05, 3.63) is 0 Å². The Labute approximate surface area is 68.0 Å². The van der Waals surface area contributed by atoms with Crippen LogP contribution in [0.25, 0.3) is 0 Å². The number of hydrogen-bond donors (Lipinski definition) is 1. The van der Waals surface area contributed by atoms with Crippen molar-refractivity contribution in [1.29, 1.82) is 0 Å². The summed E-state index contributed by atoms with van der Waals surface area (Å²) in [6.45, 7) is 0.344. The molecule has 3 nitrogen and oxygen atoms in total. The monoisotopic (exact) mass is 159 g/mol. The summed E-state index contributed by atoms with van der Waals surface area (Å²) >= 11 is 0. The summed E-state index contributed by atoms with van der Waals surface area (Å²) in [5.74, 6) is 0. The van der Waals surface area contributed by atoms with Crippen LogP contribution in [0, 0.1) is 0 Å². The number of ether oxygens (including phenoxy) is 1. The quantitative estimate of drug-likeness (QED) is 0.382. The lowest BCUT2D eigenvalue weighted by Gasteiger charge is -2.21. The van der Waals surface area contributed by atoms with Crippen LogP contribution < -0.4 is 5.48 Å². The van der Waals surface area contributed by atoms with Gasteiger partial charge < -0.3 is 4.74 Å². The summed E-state index contributed by atoms with van der Waals surface area (Å²) in [6, 6.07) is 0.555.